The summed E-state index contributed by atoms with van der Waals surface area (Å²) in [7, 11) is 0. The summed E-state index contributed by atoms with van der Waals surface area (Å²) in [6, 6.07) is 17.7. The summed E-state index contributed by atoms with van der Waals surface area (Å²) in [6.45, 7) is 4.15. The number of amides is 2. The number of rotatable bonds is 7. The zero-order chi connectivity index (χ0) is 17.4. The first-order chi connectivity index (χ1) is 11.6. The largest absolute Gasteiger partial charge is 0.354 e. The molecule has 0 bridgehead atoms. The second kappa shape index (κ2) is 8.87. The summed E-state index contributed by atoms with van der Waals surface area (Å²) in [5, 5.41) is 2.88. The normalized spacial score (nSPS) is 10.2. The van der Waals surface area contributed by atoms with Gasteiger partial charge in [0.2, 0.25) is 11.8 Å². The first-order valence-electron chi connectivity index (χ1n) is 8.28. The van der Waals surface area contributed by atoms with E-state index in [2.05, 4.69) is 12.2 Å². The molecule has 0 aliphatic rings. The topological polar surface area (TPSA) is 49.4 Å². The molecule has 2 aromatic carbocycles. The second-order valence-electron chi connectivity index (χ2n) is 5.71. The minimum absolute atomic E-state index is 0.0373. The molecule has 0 aliphatic carbocycles. The van der Waals surface area contributed by atoms with Gasteiger partial charge in [0.1, 0.15) is 6.54 Å². The third-order valence-electron chi connectivity index (χ3n) is 3.92. The molecule has 0 spiro atoms. The lowest BCUT2D eigenvalue weighted by Gasteiger charge is -2.21. The molecule has 1 N–H and O–H groups in total. The fraction of sp³-hybridized carbons (Fsp3) is 0.300. The number of anilines is 1. The van der Waals surface area contributed by atoms with Gasteiger partial charge in [-0.15, -0.1) is 0 Å². The van der Waals surface area contributed by atoms with Gasteiger partial charge in [0, 0.05) is 19.2 Å². The summed E-state index contributed by atoms with van der Waals surface area (Å²) in [4.78, 5) is 25.5. The Morgan fingerprint density at radius 1 is 0.958 bits per heavy atom. The van der Waals surface area contributed by atoms with Crippen LogP contribution in [0, 0.1) is 0 Å². The molecule has 4 nitrogen and oxygen atoms in total. The maximum absolute atomic E-state index is 12.1. The summed E-state index contributed by atoms with van der Waals surface area (Å²) in [5.74, 6) is -0.293. The van der Waals surface area contributed by atoms with E-state index in [9.17, 15) is 9.59 Å². The molecule has 24 heavy (non-hydrogen) atoms. The molecule has 0 aliphatic heterocycles. The van der Waals surface area contributed by atoms with E-state index in [1.165, 1.54) is 23.0 Å². The van der Waals surface area contributed by atoms with Gasteiger partial charge in [-0.3, -0.25) is 9.59 Å². The van der Waals surface area contributed by atoms with Gasteiger partial charge in [0.15, 0.2) is 0 Å². The number of nitrogens with one attached hydrogen (secondary N) is 1. The minimum Gasteiger partial charge on any atom is -0.354 e. The fourth-order valence-corrected chi connectivity index (χ4v) is 2.49. The van der Waals surface area contributed by atoms with Gasteiger partial charge in [0.25, 0.3) is 0 Å². The van der Waals surface area contributed by atoms with Gasteiger partial charge < -0.3 is 10.2 Å². The van der Waals surface area contributed by atoms with Crippen LogP contribution in [0.2, 0.25) is 0 Å². The zero-order valence-electron chi connectivity index (χ0n) is 14.3. The number of benzene rings is 2. The van der Waals surface area contributed by atoms with E-state index in [1.54, 1.807) is 0 Å². The highest BCUT2D eigenvalue weighted by atomic mass is 16.2. The molecule has 0 radical (unpaired) electrons. The Balaban J connectivity index is 1.89. The van der Waals surface area contributed by atoms with Crippen molar-refractivity contribution in [3.63, 3.8) is 0 Å². The van der Waals surface area contributed by atoms with Crippen LogP contribution in [-0.4, -0.2) is 24.9 Å². The van der Waals surface area contributed by atoms with Crippen LogP contribution in [0.3, 0.4) is 0 Å². The molecule has 0 unspecified atom stereocenters. The summed E-state index contributed by atoms with van der Waals surface area (Å²) in [6.07, 6.45) is 1.72. The molecular formula is C20H24N2O2. The Labute approximate surface area is 143 Å². The summed E-state index contributed by atoms with van der Waals surface area (Å²) >= 11 is 0. The highest BCUT2D eigenvalue weighted by molar-refractivity contribution is 5.97. The van der Waals surface area contributed by atoms with Crippen LogP contribution in [0.5, 0.6) is 0 Å². The van der Waals surface area contributed by atoms with Crippen molar-refractivity contribution in [3.8, 4) is 0 Å². The van der Waals surface area contributed by atoms with Gasteiger partial charge in [-0.2, -0.15) is 0 Å². The van der Waals surface area contributed by atoms with Crippen molar-refractivity contribution in [2.24, 2.45) is 0 Å². The lowest BCUT2D eigenvalue weighted by molar-refractivity contribution is -0.123. The third-order valence-corrected chi connectivity index (χ3v) is 3.92. The van der Waals surface area contributed by atoms with Crippen LogP contribution in [0.15, 0.2) is 54.6 Å². The van der Waals surface area contributed by atoms with Crippen molar-refractivity contribution in [2.75, 3.05) is 18.0 Å². The standard InChI is InChI=1S/C20H24N2O2/c1-3-17-9-11-19(12-10-17)22(16(2)23)15-20(24)21-14-13-18-7-5-4-6-8-18/h4-12H,3,13-15H2,1-2H3,(H,21,24). The molecule has 0 saturated heterocycles. The van der Waals surface area contributed by atoms with Crippen LogP contribution >= 0.6 is 0 Å². The van der Waals surface area contributed by atoms with Gasteiger partial charge in [-0.25, -0.2) is 0 Å². The average Bonchev–Trinajstić information content (AvgIpc) is 2.60. The summed E-state index contributed by atoms with van der Waals surface area (Å²) < 4.78 is 0. The Morgan fingerprint density at radius 3 is 2.21 bits per heavy atom. The van der Waals surface area contributed by atoms with Gasteiger partial charge in [-0.05, 0) is 36.1 Å². The average molecular weight is 324 g/mol. The molecule has 126 valence electrons. The SMILES string of the molecule is CCc1ccc(N(CC(=O)NCCc2ccccc2)C(C)=O)cc1. The highest BCUT2D eigenvalue weighted by Gasteiger charge is 2.15. The predicted octanol–water partition coefficient (Wildman–Crippen LogP) is 2.96. The maximum atomic E-state index is 12.1. The molecule has 0 saturated carbocycles. The molecule has 0 fully saturated rings. The molecule has 2 amide bonds. The number of carbonyl (C=O) groups is 2. The van der Waals surface area contributed by atoms with Gasteiger partial charge in [-0.1, -0.05) is 49.4 Å². The Kier molecular flexibility index (Phi) is 6.55. The van der Waals surface area contributed by atoms with Crippen molar-refractivity contribution in [3.05, 3.63) is 65.7 Å². The molecule has 0 aromatic heterocycles. The number of nitrogens with zero attached hydrogens (tertiary/aromatic N) is 1. The molecule has 2 rings (SSSR count). The fourth-order valence-electron chi connectivity index (χ4n) is 2.49. The lowest BCUT2D eigenvalue weighted by Crippen LogP contribution is -2.40. The van der Waals surface area contributed by atoms with Crippen molar-refractivity contribution < 1.29 is 9.59 Å². The minimum atomic E-state index is -0.152. The molecule has 0 atom stereocenters. The van der Waals surface area contributed by atoms with Crippen molar-refractivity contribution >= 4 is 17.5 Å². The predicted molar refractivity (Wildman–Crippen MR) is 97.0 cm³/mol. The number of hydrogen-bond acceptors (Lipinski definition) is 2. The van der Waals surface area contributed by atoms with E-state index in [-0.39, 0.29) is 18.4 Å². The Hall–Kier alpha value is -2.62. The third kappa shape index (κ3) is 5.23. The van der Waals surface area contributed by atoms with Crippen LogP contribution in [0.25, 0.3) is 0 Å². The summed E-state index contributed by atoms with van der Waals surface area (Å²) in [5.41, 5.74) is 3.13. The van der Waals surface area contributed by atoms with Crippen LogP contribution in [-0.2, 0) is 22.4 Å². The number of carbonyl (C=O) groups excluding carboxylic acids is 2. The molecule has 0 heterocycles. The Morgan fingerprint density at radius 2 is 1.62 bits per heavy atom. The van der Waals surface area contributed by atoms with Crippen molar-refractivity contribution in [1.29, 1.82) is 0 Å². The Bertz CT molecular complexity index is 666. The molecule has 4 heteroatoms. The van der Waals surface area contributed by atoms with E-state index in [0.29, 0.717) is 6.54 Å². The number of hydrogen-bond donors (Lipinski definition) is 1. The smallest absolute Gasteiger partial charge is 0.240 e. The van der Waals surface area contributed by atoms with Gasteiger partial charge >= 0.3 is 0 Å². The molecular weight excluding hydrogens is 300 g/mol. The van der Waals surface area contributed by atoms with Crippen molar-refractivity contribution in [2.45, 2.75) is 26.7 Å². The first kappa shape index (κ1) is 17.7. The van der Waals surface area contributed by atoms with Crippen LogP contribution < -0.4 is 10.2 Å². The maximum Gasteiger partial charge on any atom is 0.240 e. The van der Waals surface area contributed by atoms with E-state index in [4.69, 9.17) is 0 Å². The van der Waals surface area contributed by atoms with E-state index in [0.717, 1.165) is 18.5 Å². The van der Waals surface area contributed by atoms with E-state index in [1.807, 2.05) is 54.6 Å². The van der Waals surface area contributed by atoms with Crippen LogP contribution in [0.4, 0.5) is 5.69 Å². The molecule has 2 aromatic rings. The first-order valence-corrected chi connectivity index (χ1v) is 8.28. The lowest BCUT2D eigenvalue weighted by atomic mass is 10.1. The monoisotopic (exact) mass is 324 g/mol. The second-order valence-corrected chi connectivity index (χ2v) is 5.71. The van der Waals surface area contributed by atoms with Crippen LogP contribution in [0.1, 0.15) is 25.0 Å². The van der Waals surface area contributed by atoms with E-state index < -0.39 is 0 Å². The zero-order valence-corrected chi connectivity index (χ0v) is 14.3. The van der Waals surface area contributed by atoms with E-state index >= 15 is 0 Å². The van der Waals surface area contributed by atoms with Crippen molar-refractivity contribution in [1.82, 2.24) is 5.32 Å². The highest BCUT2D eigenvalue weighted by Crippen LogP contribution is 2.15. The van der Waals surface area contributed by atoms with Gasteiger partial charge in [0.05, 0.1) is 0 Å². The number of aryl methyl sites for hydroxylation is 1. The quantitative estimate of drug-likeness (QED) is 0.851.